The first-order valence-corrected chi connectivity index (χ1v) is 8.92. The Kier molecular flexibility index (Phi) is 5.25. The van der Waals surface area contributed by atoms with Gasteiger partial charge in [0.1, 0.15) is 5.84 Å². The standard InChI is InChI=1S/C19H24N4O3/c20-18(21)14-4-8-16(9-5-14)23-12-11-22(19(23)26)15-6-1-13(2-7-15)3-10-17(24)25/h4-5,8-9,11-13,15H,1-3,6-7,10H2,(H3,20,21)(H,24,25). The van der Waals surface area contributed by atoms with Crippen molar-refractivity contribution in [1.29, 1.82) is 5.41 Å². The molecule has 0 saturated heterocycles. The van der Waals surface area contributed by atoms with E-state index in [0.717, 1.165) is 37.8 Å². The van der Waals surface area contributed by atoms with Crippen LogP contribution in [-0.4, -0.2) is 26.0 Å². The van der Waals surface area contributed by atoms with Gasteiger partial charge < -0.3 is 10.8 Å². The number of nitrogen functional groups attached to an aromatic ring is 1. The molecule has 26 heavy (non-hydrogen) atoms. The number of benzene rings is 1. The highest BCUT2D eigenvalue weighted by molar-refractivity contribution is 5.95. The molecule has 1 saturated carbocycles. The molecule has 1 heterocycles. The van der Waals surface area contributed by atoms with Crippen LogP contribution in [-0.2, 0) is 4.79 Å². The van der Waals surface area contributed by atoms with Gasteiger partial charge in [-0.3, -0.25) is 19.3 Å². The number of aliphatic carboxylic acids is 1. The molecule has 0 bridgehead atoms. The summed E-state index contributed by atoms with van der Waals surface area (Å²) in [6.07, 6.45) is 8.26. The maximum Gasteiger partial charge on any atom is 0.332 e. The van der Waals surface area contributed by atoms with Gasteiger partial charge in [0.05, 0.1) is 5.69 Å². The zero-order valence-electron chi connectivity index (χ0n) is 14.6. The molecule has 7 nitrogen and oxygen atoms in total. The smallest absolute Gasteiger partial charge is 0.332 e. The number of carbonyl (C=O) groups is 1. The summed E-state index contributed by atoms with van der Waals surface area (Å²) in [5.41, 5.74) is 6.76. The largest absolute Gasteiger partial charge is 0.481 e. The quantitative estimate of drug-likeness (QED) is 0.545. The first kappa shape index (κ1) is 18.0. The van der Waals surface area contributed by atoms with Crippen molar-refractivity contribution < 1.29 is 9.90 Å². The number of carboxylic acids is 1. The predicted octanol–water partition coefficient (Wildman–Crippen LogP) is 2.52. The molecule has 1 aromatic heterocycles. The van der Waals surface area contributed by atoms with Crippen molar-refractivity contribution in [3.63, 3.8) is 0 Å². The number of hydrogen-bond acceptors (Lipinski definition) is 3. The van der Waals surface area contributed by atoms with Gasteiger partial charge in [-0.05, 0) is 62.3 Å². The monoisotopic (exact) mass is 356 g/mol. The zero-order chi connectivity index (χ0) is 18.7. The molecule has 1 fully saturated rings. The Morgan fingerprint density at radius 2 is 1.81 bits per heavy atom. The molecule has 1 aliphatic rings. The summed E-state index contributed by atoms with van der Waals surface area (Å²) in [6.45, 7) is 0. The number of nitrogens with zero attached hydrogens (tertiary/aromatic N) is 2. The average Bonchev–Trinajstić information content (AvgIpc) is 3.02. The Morgan fingerprint density at radius 3 is 2.38 bits per heavy atom. The van der Waals surface area contributed by atoms with Crippen LogP contribution in [0.4, 0.5) is 0 Å². The number of amidine groups is 1. The van der Waals surface area contributed by atoms with E-state index in [0.29, 0.717) is 11.5 Å². The van der Waals surface area contributed by atoms with Gasteiger partial charge in [-0.1, -0.05) is 0 Å². The second-order valence-electron chi connectivity index (χ2n) is 6.93. The van der Waals surface area contributed by atoms with Crippen molar-refractivity contribution in [3.8, 4) is 5.69 Å². The van der Waals surface area contributed by atoms with Gasteiger partial charge >= 0.3 is 11.7 Å². The van der Waals surface area contributed by atoms with Crippen LogP contribution >= 0.6 is 0 Å². The second-order valence-corrected chi connectivity index (χ2v) is 6.93. The lowest BCUT2D eigenvalue weighted by Gasteiger charge is -2.28. The Balaban J connectivity index is 1.69. The highest BCUT2D eigenvalue weighted by Crippen LogP contribution is 2.33. The van der Waals surface area contributed by atoms with Crippen molar-refractivity contribution in [1.82, 2.24) is 9.13 Å². The molecule has 0 aliphatic heterocycles. The van der Waals surface area contributed by atoms with Crippen LogP contribution in [0.5, 0.6) is 0 Å². The van der Waals surface area contributed by atoms with E-state index in [4.69, 9.17) is 16.2 Å². The van der Waals surface area contributed by atoms with Crippen molar-refractivity contribution >= 4 is 11.8 Å². The summed E-state index contributed by atoms with van der Waals surface area (Å²) in [6, 6.07) is 7.20. The van der Waals surface area contributed by atoms with Gasteiger partial charge in [0.25, 0.3) is 0 Å². The molecule has 4 N–H and O–H groups in total. The molecule has 0 unspecified atom stereocenters. The number of rotatable bonds is 6. The first-order chi connectivity index (χ1) is 12.5. The molecular weight excluding hydrogens is 332 g/mol. The van der Waals surface area contributed by atoms with Crippen LogP contribution in [0.25, 0.3) is 5.69 Å². The lowest BCUT2D eigenvalue weighted by Crippen LogP contribution is -2.29. The molecule has 1 aliphatic carbocycles. The lowest BCUT2D eigenvalue weighted by atomic mass is 9.83. The number of hydrogen-bond donors (Lipinski definition) is 3. The van der Waals surface area contributed by atoms with Crippen LogP contribution < -0.4 is 11.4 Å². The van der Waals surface area contributed by atoms with E-state index in [1.165, 1.54) is 0 Å². The SMILES string of the molecule is N=C(N)c1ccc(-n2ccn(C3CCC(CCC(=O)O)CC3)c2=O)cc1. The number of imidazole rings is 1. The first-order valence-electron chi connectivity index (χ1n) is 8.92. The van der Waals surface area contributed by atoms with Gasteiger partial charge in [0, 0.05) is 30.4 Å². The Morgan fingerprint density at radius 1 is 1.15 bits per heavy atom. The third-order valence-electron chi connectivity index (χ3n) is 5.24. The third kappa shape index (κ3) is 3.87. The van der Waals surface area contributed by atoms with Gasteiger partial charge in [0.2, 0.25) is 0 Å². The molecule has 0 radical (unpaired) electrons. The van der Waals surface area contributed by atoms with E-state index in [2.05, 4.69) is 0 Å². The van der Waals surface area contributed by atoms with E-state index in [1.54, 1.807) is 39.6 Å². The Hall–Kier alpha value is -2.83. The van der Waals surface area contributed by atoms with Gasteiger partial charge in [0.15, 0.2) is 0 Å². The summed E-state index contributed by atoms with van der Waals surface area (Å²) >= 11 is 0. The van der Waals surface area contributed by atoms with Crippen molar-refractivity contribution in [3.05, 3.63) is 52.7 Å². The second kappa shape index (κ2) is 7.59. The summed E-state index contributed by atoms with van der Waals surface area (Å²) in [4.78, 5) is 23.5. The highest BCUT2D eigenvalue weighted by Gasteiger charge is 2.24. The van der Waals surface area contributed by atoms with Crippen LogP contribution in [0.2, 0.25) is 0 Å². The van der Waals surface area contributed by atoms with Gasteiger partial charge in [-0.2, -0.15) is 0 Å². The molecular formula is C19H24N4O3. The van der Waals surface area contributed by atoms with Crippen molar-refractivity contribution in [2.24, 2.45) is 11.7 Å². The molecule has 0 atom stereocenters. The fraction of sp³-hybridized carbons (Fsp3) is 0.421. The van der Waals surface area contributed by atoms with E-state index < -0.39 is 5.97 Å². The molecule has 0 spiro atoms. The number of carboxylic acid groups (broad SMARTS) is 1. The minimum atomic E-state index is -0.740. The summed E-state index contributed by atoms with van der Waals surface area (Å²) in [5.74, 6) is -0.295. The Bertz CT molecular complexity index is 842. The topological polar surface area (TPSA) is 114 Å². The van der Waals surface area contributed by atoms with E-state index >= 15 is 0 Å². The minimum absolute atomic E-state index is 0.00104. The lowest BCUT2D eigenvalue weighted by molar-refractivity contribution is -0.137. The van der Waals surface area contributed by atoms with Gasteiger partial charge in [-0.25, -0.2) is 4.79 Å². The van der Waals surface area contributed by atoms with Crippen LogP contribution in [0.15, 0.2) is 41.5 Å². The molecule has 0 amide bonds. The van der Waals surface area contributed by atoms with Crippen LogP contribution in [0.1, 0.15) is 50.1 Å². The van der Waals surface area contributed by atoms with E-state index in [-0.39, 0.29) is 24.0 Å². The van der Waals surface area contributed by atoms with Crippen molar-refractivity contribution in [2.75, 3.05) is 0 Å². The number of aromatic nitrogens is 2. The van der Waals surface area contributed by atoms with Gasteiger partial charge in [-0.15, -0.1) is 0 Å². The van der Waals surface area contributed by atoms with Crippen molar-refractivity contribution in [2.45, 2.75) is 44.6 Å². The van der Waals surface area contributed by atoms with E-state index in [1.807, 2.05) is 6.20 Å². The molecule has 138 valence electrons. The fourth-order valence-electron chi connectivity index (χ4n) is 3.71. The maximum absolute atomic E-state index is 12.8. The van der Waals surface area contributed by atoms with Crippen LogP contribution in [0.3, 0.4) is 0 Å². The molecule has 3 rings (SSSR count). The highest BCUT2D eigenvalue weighted by atomic mass is 16.4. The maximum atomic E-state index is 12.8. The predicted molar refractivity (Wildman–Crippen MR) is 98.9 cm³/mol. The fourth-order valence-corrected chi connectivity index (χ4v) is 3.71. The molecule has 7 heteroatoms. The minimum Gasteiger partial charge on any atom is -0.481 e. The number of nitrogens with two attached hydrogens (primary N) is 1. The summed E-state index contributed by atoms with van der Waals surface area (Å²) in [7, 11) is 0. The normalized spacial score (nSPS) is 20.0. The van der Waals surface area contributed by atoms with Crippen LogP contribution in [0, 0.1) is 11.3 Å². The number of nitrogens with one attached hydrogen (secondary N) is 1. The van der Waals surface area contributed by atoms with E-state index in [9.17, 15) is 9.59 Å². The third-order valence-corrected chi connectivity index (χ3v) is 5.24. The summed E-state index contributed by atoms with van der Waals surface area (Å²) < 4.78 is 3.38. The molecule has 1 aromatic carbocycles. The zero-order valence-corrected chi connectivity index (χ0v) is 14.6. The average molecular weight is 356 g/mol. The summed E-state index contributed by atoms with van der Waals surface area (Å²) in [5, 5.41) is 16.2. The molecule has 2 aromatic rings. The Labute approximate surface area is 151 Å².